The second-order valence-corrected chi connectivity index (χ2v) is 12.0. The molecule has 0 spiro atoms. The molecule has 3 aromatic carbocycles. The molecule has 5 heterocycles. The molecule has 8 rings (SSSR count). The molecule has 0 radical (unpaired) electrons. The van der Waals surface area contributed by atoms with E-state index in [2.05, 4.69) is 19.1 Å². The first-order valence-electron chi connectivity index (χ1n) is 15.6. The van der Waals surface area contributed by atoms with E-state index in [1.165, 1.54) is 35.0 Å². The Labute approximate surface area is 275 Å². The first kappa shape index (κ1) is 29.1. The molecule has 0 unspecified atom stereocenters. The van der Waals surface area contributed by atoms with E-state index < -0.39 is 0 Å². The minimum atomic E-state index is -0.367. The number of nitrogens with zero attached hydrogens (tertiary/aromatic N) is 4. The highest BCUT2D eigenvalue weighted by molar-refractivity contribution is 6.15. The molecule has 3 aromatic heterocycles. The maximum atomic E-state index is 14.6. The first-order chi connectivity index (χ1) is 23.4. The van der Waals surface area contributed by atoms with Crippen molar-refractivity contribution in [3.8, 4) is 28.5 Å². The lowest BCUT2D eigenvalue weighted by atomic mass is 9.93. The number of aromatic hydroxyl groups is 1. The summed E-state index contributed by atoms with van der Waals surface area (Å²) in [5, 5.41) is 21.9. The average Bonchev–Trinajstić information content (AvgIpc) is 3.73. The lowest BCUT2D eigenvalue weighted by molar-refractivity contribution is -0.605. The summed E-state index contributed by atoms with van der Waals surface area (Å²) >= 11 is 0. The van der Waals surface area contributed by atoms with Crippen LogP contribution in [0.3, 0.4) is 0 Å². The van der Waals surface area contributed by atoms with Crippen molar-refractivity contribution in [1.29, 1.82) is 0 Å². The van der Waals surface area contributed by atoms with Crippen LogP contribution in [-0.2, 0) is 13.0 Å². The minimum absolute atomic E-state index is 0.0376. The highest BCUT2D eigenvalue weighted by Gasteiger charge is 2.32. The molecule has 2 amide bonds. The maximum absolute atomic E-state index is 14.6. The van der Waals surface area contributed by atoms with E-state index >= 15 is 0 Å². The molecular formula is C38H30N4O6. The number of anilines is 2. The van der Waals surface area contributed by atoms with E-state index in [4.69, 9.17) is 9.47 Å². The molecule has 0 fully saturated rings. The minimum Gasteiger partial charge on any atom is -0.619 e. The van der Waals surface area contributed by atoms with E-state index in [-0.39, 0.29) is 30.4 Å². The predicted octanol–water partition coefficient (Wildman–Crippen LogP) is 6.24. The number of hydrogen-bond acceptors (Lipinski definition) is 6. The third-order valence-electron chi connectivity index (χ3n) is 9.05. The van der Waals surface area contributed by atoms with Crippen molar-refractivity contribution in [3.63, 3.8) is 0 Å². The van der Waals surface area contributed by atoms with Crippen LogP contribution in [0.5, 0.6) is 17.2 Å². The van der Waals surface area contributed by atoms with E-state index in [0.717, 1.165) is 12.0 Å². The van der Waals surface area contributed by atoms with Crippen LogP contribution in [0.15, 0.2) is 116 Å². The van der Waals surface area contributed by atoms with Gasteiger partial charge in [0.1, 0.15) is 5.75 Å². The van der Waals surface area contributed by atoms with E-state index in [9.17, 15) is 19.9 Å². The number of benzene rings is 3. The Bertz CT molecular complexity index is 2160. The zero-order valence-corrected chi connectivity index (χ0v) is 25.9. The van der Waals surface area contributed by atoms with Gasteiger partial charge in [-0.3, -0.25) is 14.5 Å². The number of pyridine rings is 2. The molecule has 238 valence electrons. The summed E-state index contributed by atoms with van der Waals surface area (Å²) in [5.74, 6) is 0.541. The van der Waals surface area contributed by atoms with Crippen LogP contribution in [0.2, 0.25) is 0 Å². The molecular weight excluding hydrogens is 608 g/mol. The summed E-state index contributed by atoms with van der Waals surface area (Å²) in [6.45, 7) is 2.57. The van der Waals surface area contributed by atoms with Crippen LogP contribution in [0.4, 0.5) is 11.4 Å². The Morgan fingerprint density at radius 3 is 2.31 bits per heavy atom. The molecule has 10 nitrogen and oxygen atoms in total. The van der Waals surface area contributed by atoms with Gasteiger partial charge in [0.2, 0.25) is 6.79 Å². The summed E-state index contributed by atoms with van der Waals surface area (Å²) in [5.41, 5.74) is 5.96. The molecule has 0 saturated carbocycles. The number of phenolic OH excluding ortho intramolecular Hbond substituents is 1. The van der Waals surface area contributed by atoms with Crippen LogP contribution in [0, 0.1) is 5.21 Å². The van der Waals surface area contributed by atoms with Crippen molar-refractivity contribution >= 4 is 28.7 Å². The largest absolute Gasteiger partial charge is 0.619 e. The Balaban J connectivity index is 1.27. The molecule has 0 aliphatic carbocycles. The number of phenols is 1. The van der Waals surface area contributed by atoms with Gasteiger partial charge in [0.15, 0.2) is 23.9 Å². The van der Waals surface area contributed by atoms with Gasteiger partial charge in [-0.25, -0.2) is 0 Å². The standard InChI is InChI=1S/C38H30N4O6/c1-24-18-25-6-2-3-7-26(25)22-41(24)37(44)31-21-36-35(47-23-48-36)20-30(31)34-19-32(33-8-4-5-15-40(33)34)38(45)42(27-9-11-29(43)12-10-27)28-13-16-39(46)17-14-28/h2-17,19-21,24,43H,18,22-23H2,1H3/t24-/m1/s1. The highest BCUT2D eigenvalue weighted by Crippen LogP contribution is 2.42. The van der Waals surface area contributed by atoms with Gasteiger partial charge in [0.25, 0.3) is 11.8 Å². The summed E-state index contributed by atoms with van der Waals surface area (Å²) in [4.78, 5) is 32.5. The number of carbonyl (C=O) groups is 2. The smallest absolute Gasteiger partial charge is 0.265 e. The van der Waals surface area contributed by atoms with Gasteiger partial charge < -0.3 is 29.1 Å². The second-order valence-electron chi connectivity index (χ2n) is 12.0. The lowest BCUT2D eigenvalue weighted by Crippen LogP contribution is -2.42. The molecule has 10 heteroatoms. The van der Waals surface area contributed by atoms with Crippen molar-refractivity contribution in [2.45, 2.75) is 25.9 Å². The van der Waals surface area contributed by atoms with Crippen molar-refractivity contribution < 1.29 is 28.9 Å². The van der Waals surface area contributed by atoms with Crippen molar-refractivity contribution in [1.82, 2.24) is 9.30 Å². The van der Waals surface area contributed by atoms with Crippen LogP contribution >= 0.6 is 0 Å². The normalized spacial score (nSPS) is 14.9. The molecule has 1 atom stereocenters. The number of ether oxygens (including phenoxy) is 2. The average molecular weight is 639 g/mol. The summed E-state index contributed by atoms with van der Waals surface area (Å²) in [7, 11) is 0. The molecule has 2 aliphatic heterocycles. The predicted molar refractivity (Wildman–Crippen MR) is 178 cm³/mol. The zero-order valence-electron chi connectivity index (χ0n) is 25.9. The monoisotopic (exact) mass is 638 g/mol. The van der Waals surface area contributed by atoms with Gasteiger partial charge in [-0.05, 0) is 79.1 Å². The van der Waals surface area contributed by atoms with E-state index in [0.29, 0.717) is 62.0 Å². The number of carbonyl (C=O) groups excluding carboxylic acids is 2. The van der Waals surface area contributed by atoms with Crippen LogP contribution in [0.1, 0.15) is 38.8 Å². The van der Waals surface area contributed by atoms with Gasteiger partial charge in [-0.2, -0.15) is 4.73 Å². The lowest BCUT2D eigenvalue weighted by Gasteiger charge is -2.35. The van der Waals surface area contributed by atoms with Gasteiger partial charge in [0.05, 0.1) is 28.0 Å². The topological polar surface area (TPSA) is 111 Å². The van der Waals surface area contributed by atoms with Gasteiger partial charge in [0, 0.05) is 42.2 Å². The summed E-state index contributed by atoms with van der Waals surface area (Å²) in [6.07, 6.45) is 5.24. The molecule has 6 aromatic rings. The third kappa shape index (κ3) is 4.94. The fourth-order valence-electron chi connectivity index (χ4n) is 6.63. The zero-order chi connectivity index (χ0) is 32.9. The number of amides is 2. The Hall–Kier alpha value is -6.29. The fraction of sp³-hybridized carbons (Fsp3) is 0.132. The van der Waals surface area contributed by atoms with Crippen molar-refractivity contribution in [3.05, 3.63) is 143 Å². The number of aromatic nitrogens is 2. The van der Waals surface area contributed by atoms with Crippen LogP contribution in [-0.4, -0.2) is 39.1 Å². The van der Waals surface area contributed by atoms with Crippen LogP contribution in [0.25, 0.3) is 16.8 Å². The fourth-order valence-corrected chi connectivity index (χ4v) is 6.63. The second kappa shape index (κ2) is 11.5. The van der Waals surface area contributed by atoms with Crippen molar-refractivity contribution in [2.24, 2.45) is 0 Å². The first-order valence-corrected chi connectivity index (χ1v) is 15.6. The highest BCUT2D eigenvalue weighted by atomic mass is 16.7. The molecule has 0 bridgehead atoms. The summed E-state index contributed by atoms with van der Waals surface area (Å²) in [6, 6.07) is 28.4. The quantitative estimate of drug-likeness (QED) is 0.177. The molecule has 48 heavy (non-hydrogen) atoms. The molecule has 0 saturated heterocycles. The Morgan fingerprint density at radius 1 is 0.854 bits per heavy atom. The van der Waals surface area contributed by atoms with Crippen molar-refractivity contribution in [2.75, 3.05) is 11.7 Å². The SMILES string of the molecule is C[C@@H]1Cc2ccccc2CN1C(=O)c1cc2c(cc1-c1cc(C(=O)N(c3ccc(O)cc3)c3cc[n+]([O-])cc3)c3ccccn13)OCO2. The molecule has 2 aliphatic rings. The number of rotatable bonds is 5. The number of hydrogen-bond donors (Lipinski definition) is 1. The van der Waals surface area contributed by atoms with Gasteiger partial charge >= 0.3 is 0 Å². The van der Waals surface area contributed by atoms with Crippen LogP contribution < -0.4 is 19.1 Å². The van der Waals surface area contributed by atoms with Gasteiger partial charge in [-0.15, -0.1) is 0 Å². The van der Waals surface area contributed by atoms with E-state index in [1.54, 1.807) is 36.4 Å². The van der Waals surface area contributed by atoms with Gasteiger partial charge in [-0.1, -0.05) is 30.3 Å². The van der Waals surface area contributed by atoms with E-state index in [1.807, 2.05) is 51.9 Å². The number of fused-ring (bicyclic) bond motifs is 3. The molecule has 1 N–H and O–H groups in total. The maximum Gasteiger partial charge on any atom is 0.265 e. The summed E-state index contributed by atoms with van der Waals surface area (Å²) < 4.78 is 14.0. The Kier molecular flexibility index (Phi) is 6.98. The third-order valence-corrected chi connectivity index (χ3v) is 9.05. The Morgan fingerprint density at radius 2 is 1.54 bits per heavy atom.